The summed E-state index contributed by atoms with van der Waals surface area (Å²) < 4.78 is 13.0. The molecule has 1 aromatic carbocycles. The van der Waals surface area contributed by atoms with Gasteiger partial charge in [0.1, 0.15) is 5.78 Å². The SMILES string of the molecule is COc1cc2c(cc1OC)SC(C(=O)CCc1cc[n+](CC3CCC3)cc1)C2. The maximum atomic E-state index is 12.8. The lowest BCUT2D eigenvalue weighted by molar-refractivity contribution is -0.705. The van der Waals surface area contributed by atoms with Gasteiger partial charge in [-0.3, -0.25) is 4.79 Å². The van der Waals surface area contributed by atoms with Crippen molar-refractivity contribution in [3.05, 3.63) is 47.8 Å². The number of hydrogen-bond donors (Lipinski definition) is 0. The van der Waals surface area contributed by atoms with E-state index in [9.17, 15) is 4.79 Å². The molecule has 2 aliphatic rings. The average Bonchev–Trinajstić information content (AvgIpc) is 3.11. The summed E-state index contributed by atoms with van der Waals surface area (Å²) in [5.74, 6) is 2.64. The van der Waals surface area contributed by atoms with Gasteiger partial charge in [0, 0.05) is 29.4 Å². The van der Waals surface area contributed by atoms with Gasteiger partial charge in [0.05, 0.1) is 19.5 Å². The molecule has 0 radical (unpaired) electrons. The van der Waals surface area contributed by atoms with Crippen molar-refractivity contribution in [2.75, 3.05) is 14.2 Å². The van der Waals surface area contributed by atoms with Crippen LogP contribution in [0.3, 0.4) is 0 Å². The van der Waals surface area contributed by atoms with E-state index in [1.54, 1.807) is 26.0 Å². The largest absolute Gasteiger partial charge is 0.493 e. The topological polar surface area (TPSA) is 39.4 Å². The molecule has 4 rings (SSSR count). The van der Waals surface area contributed by atoms with Gasteiger partial charge in [-0.25, -0.2) is 4.57 Å². The number of carbonyl (C=O) groups is 1. The van der Waals surface area contributed by atoms with Crippen LogP contribution in [0.1, 0.15) is 36.8 Å². The zero-order chi connectivity index (χ0) is 19.5. The number of aromatic nitrogens is 1. The zero-order valence-electron chi connectivity index (χ0n) is 16.6. The molecule has 1 atom stereocenters. The van der Waals surface area contributed by atoms with Crippen LogP contribution in [-0.2, 0) is 24.2 Å². The zero-order valence-corrected chi connectivity index (χ0v) is 17.5. The lowest BCUT2D eigenvalue weighted by Crippen LogP contribution is -2.38. The predicted octanol–water partition coefficient (Wildman–Crippen LogP) is 4.01. The first-order valence-corrected chi connectivity index (χ1v) is 11.0. The van der Waals surface area contributed by atoms with Crippen LogP contribution in [0.2, 0.25) is 0 Å². The second-order valence-corrected chi connectivity index (χ2v) is 9.04. The summed E-state index contributed by atoms with van der Waals surface area (Å²) in [5.41, 5.74) is 2.42. The van der Waals surface area contributed by atoms with Gasteiger partial charge in [-0.1, -0.05) is 6.42 Å². The van der Waals surface area contributed by atoms with Crippen molar-refractivity contribution in [3.8, 4) is 11.5 Å². The molecule has 2 aromatic rings. The monoisotopic (exact) mass is 398 g/mol. The van der Waals surface area contributed by atoms with Crippen LogP contribution in [0, 0.1) is 5.92 Å². The minimum Gasteiger partial charge on any atom is -0.493 e. The van der Waals surface area contributed by atoms with E-state index in [0.29, 0.717) is 12.2 Å². The summed E-state index contributed by atoms with van der Waals surface area (Å²) in [7, 11) is 3.28. The number of ketones is 1. The Morgan fingerprint density at radius 1 is 1.14 bits per heavy atom. The molecule has 28 heavy (non-hydrogen) atoms. The number of pyridine rings is 1. The molecule has 1 aromatic heterocycles. The number of carbonyl (C=O) groups excluding carboxylic acids is 1. The van der Waals surface area contributed by atoms with Crippen LogP contribution in [0.25, 0.3) is 0 Å². The molecule has 148 valence electrons. The number of nitrogens with zero attached hydrogens (tertiary/aromatic N) is 1. The molecule has 5 heteroatoms. The molecule has 4 nitrogen and oxygen atoms in total. The molecule has 0 bridgehead atoms. The Balaban J connectivity index is 1.31. The van der Waals surface area contributed by atoms with Gasteiger partial charge in [0.25, 0.3) is 0 Å². The molecule has 2 heterocycles. The summed E-state index contributed by atoms with van der Waals surface area (Å²) in [6.45, 7) is 1.13. The maximum absolute atomic E-state index is 12.8. The molecular weight excluding hydrogens is 370 g/mol. The Kier molecular flexibility index (Phi) is 5.90. The van der Waals surface area contributed by atoms with Crippen molar-refractivity contribution in [3.63, 3.8) is 0 Å². The van der Waals surface area contributed by atoms with Gasteiger partial charge in [-0.2, -0.15) is 0 Å². The quantitative estimate of drug-likeness (QED) is 0.630. The van der Waals surface area contributed by atoms with Crippen molar-refractivity contribution in [2.45, 2.75) is 55.2 Å². The molecule has 1 saturated carbocycles. The van der Waals surface area contributed by atoms with Crippen molar-refractivity contribution >= 4 is 17.5 Å². The van der Waals surface area contributed by atoms with E-state index in [1.165, 1.54) is 30.4 Å². The van der Waals surface area contributed by atoms with E-state index >= 15 is 0 Å². The number of ether oxygens (including phenoxy) is 2. The van der Waals surface area contributed by atoms with Crippen molar-refractivity contribution in [1.29, 1.82) is 0 Å². The van der Waals surface area contributed by atoms with Gasteiger partial charge in [-0.05, 0) is 48.9 Å². The highest BCUT2D eigenvalue weighted by Crippen LogP contribution is 2.43. The number of Topliss-reactive ketones (excluding diaryl/α,β-unsaturated/α-hetero) is 1. The fourth-order valence-corrected chi connectivity index (χ4v) is 5.21. The molecule has 1 aliphatic carbocycles. The normalized spacial score (nSPS) is 18.4. The van der Waals surface area contributed by atoms with Crippen LogP contribution in [0.5, 0.6) is 11.5 Å². The molecular formula is C23H28NO3S+. The van der Waals surface area contributed by atoms with Crippen LogP contribution in [-0.4, -0.2) is 25.3 Å². The third kappa shape index (κ3) is 4.19. The molecule has 0 amide bonds. The van der Waals surface area contributed by atoms with Crippen LogP contribution >= 0.6 is 11.8 Å². The second-order valence-electron chi connectivity index (χ2n) is 7.79. The van der Waals surface area contributed by atoms with Crippen LogP contribution in [0.15, 0.2) is 41.6 Å². The summed E-state index contributed by atoms with van der Waals surface area (Å²) >= 11 is 1.66. The van der Waals surface area contributed by atoms with Crippen LogP contribution < -0.4 is 14.0 Å². The summed E-state index contributed by atoms with van der Waals surface area (Å²) in [4.78, 5) is 13.9. The molecule has 1 unspecified atom stereocenters. The molecule has 0 N–H and O–H groups in total. The first-order chi connectivity index (χ1) is 13.7. The number of benzene rings is 1. The number of aryl methyl sites for hydroxylation is 1. The van der Waals surface area contributed by atoms with Gasteiger partial charge in [0.15, 0.2) is 30.4 Å². The van der Waals surface area contributed by atoms with E-state index in [4.69, 9.17) is 9.47 Å². The Bertz CT molecular complexity index is 813. The van der Waals surface area contributed by atoms with E-state index in [-0.39, 0.29) is 5.25 Å². The van der Waals surface area contributed by atoms with E-state index in [1.807, 2.05) is 12.1 Å². The number of rotatable bonds is 8. The summed E-state index contributed by atoms with van der Waals surface area (Å²) in [6.07, 6.45) is 10.6. The van der Waals surface area contributed by atoms with Gasteiger partial charge in [0.2, 0.25) is 0 Å². The number of methoxy groups -OCH3 is 2. The minimum absolute atomic E-state index is 0.000855. The fraction of sp³-hybridized carbons (Fsp3) is 0.478. The summed E-state index contributed by atoms with van der Waals surface area (Å²) in [6, 6.07) is 8.33. The minimum atomic E-state index is -0.000855. The first kappa shape index (κ1) is 19.3. The maximum Gasteiger partial charge on any atom is 0.169 e. The third-order valence-electron chi connectivity index (χ3n) is 5.91. The lowest BCUT2D eigenvalue weighted by atomic mass is 9.85. The van der Waals surface area contributed by atoms with Gasteiger partial charge >= 0.3 is 0 Å². The van der Waals surface area contributed by atoms with E-state index < -0.39 is 0 Å². The average molecular weight is 399 g/mol. The molecule has 0 saturated heterocycles. The van der Waals surface area contributed by atoms with E-state index in [2.05, 4.69) is 29.1 Å². The Morgan fingerprint density at radius 3 is 2.50 bits per heavy atom. The van der Waals surface area contributed by atoms with Crippen molar-refractivity contribution < 1.29 is 18.8 Å². The third-order valence-corrected chi connectivity index (χ3v) is 7.26. The first-order valence-electron chi connectivity index (χ1n) is 10.1. The highest BCUT2D eigenvalue weighted by Gasteiger charge is 2.29. The smallest absolute Gasteiger partial charge is 0.169 e. The Hall–Kier alpha value is -2.01. The van der Waals surface area contributed by atoms with Crippen molar-refractivity contribution in [1.82, 2.24) is 0 Å². The summed E-state index contributed by atoms with van der Waals surface area (Å²) in [5, 5.41) is -0.000855. The second kappa shape index (κ2) is 8.56. The Labute approximate surface area is 171 Å². The van der Waals surface area contributed by atoms with Gasteiger partial charge in [-0.15, -0.1) is 11.8 Å². The standard InChI is InChI=1S/C23H28NO3S/c1-26-20-12-18-13-23(28-22(18)14-21(20)27-2)19(25)7-6-16-8-10-24(11-9-16)15-17-4-3-5-17/h8-12,14,17,23H,3-7,13,15H2,1-2H3/q+1. The Morgan fingerprint density at radius 2 is 1.86 bits per heavy atom. The highest BCUT2D eigenvalue weighted by molar-refractivity contribution is 8.01. The lowest BCUT2D eigenvalue weighted by Gasteiger charge is -2.21. The van der Waals surface area contributed by atoms with Crippen molar-refractivity contribution in [2.24, 2.45) is 5.92 Å². The van der Waals surface area contributed by atoms with Gasteiger partial charge < -0.3 is 9.47 Å². The molecule has 1 fully saturated rings. The highest BCUT2D eigenvalue weighted by atomic mass is 32.2. The number of hydrogen-bond acceptors (Lipinski definition) is 4. The molecule has 0 spiro atoms. The van der Waals surface area contributed by atoms with Crippen LogP contribution in [0.4, 0.5) is 0 Å². The van der Waals surface area contributed by atoms with E-state index in [0.717, 1.165) is 41.7 Å². The number of thioether (sulfide) groups is 1. The number of fused-ring (bicyclic) bond motifs is 1. The fourth-order valence-electron chi connectivity index (χ4n) is 3.92. The predicted molar refractivity (Wildman–Crippen MR) is 110 cm³/mol. The molecule has 1 aliphatic heterocycles.